The largest absolute Gasteiger partial charge is 0.506 e. The van der Waals surface area contributed by atoms with Crippen molar-refractivity contribution in [3.8, 4) is 22.8 Å². The van der Waals surface area contributed by atoms with E-state index in [0.29, 0.717) is 27.7 Å². The van der Waals surface area contributed by atoms with Gasteiger partial charge in [0.05, 0.1) is 16.8 Å². The molecule has 0 unspecified atom stereocenters. The van der Waals surface area contributed by atoms with Gasteiger partial charge in [0.15, 0.2) is 11.0 Å². The molecule has 0 amide bonds. The summed E-state index contributed by atoms with van der Waals surface area (Å²) in [6.07, 6.45) is 1.62. The third-order valence-electron chi connectivity index (χ3n) is 5.00. The molecule has 0 saturated carbocycles. The molecule has 1 N–H and O–H groups in total. The molecule has 7 nitrogen and oxygen atoms in total. The number of hydrogen-bond acceptors (Lipinski definition) is 7. The van der Waals surface area contributed by atoms with Crippen molar-refractivity contribution in [2.24, 2.45) is 0 Å². The van der Waals surface area contributed by atoms with E-state index >= 15 is 0 Å². The summed E-state index contributed by atoms with van der Waals surface area (Å²) < 4.78 is 12.6. The molecule has 9 heteroatoms. The maximum Gasteiger partial charge on any atom is 0.336 e. The molecule has 5 aromatic rings. The zero-order chi connectivity index (χ0) is 22.2. The fraction of sp³-hybridized carbons (Fsp3) is 0.0870. The molecule has 0 aliphatic rings. The van der Waals surface area contributed by atoms with Crippen LogP contribution in [0.1, 0.15) is 11.3 Å². The summed E-state index contributed by atoms with van der Waals surface area (Å²) in [5.74, 6) is 1.68. The highest BCUT2D eigenvalue weighted by Crippen LogP contribution is 2.34. The van der Waals surface area contributed by atoms with Gasteiger partial charge in [-0.25, -0.2) is 4.79 Å². The molecule has 0 radical (unpaired) electrons. The van der Waals surface area contributed by atoms with Gasteiger partial charge < -0.3 is 13.9 Å². The number of rotatable bonds is 5. The number of thioether (sulfide) groups is 1. The number of aromatic hydroxyl groups is 1. The van der Waals surface area contributed by atoms with Crippen LogP contribution in [0.2, 0.25) is 5.02 Å². The van der Waals surface area contributed by atoms with Crippen molar-refractivity contribution >= 4 is 34.3 Å². The Morgan fingerprint density at radius 3 is 2.69 bits per heavy atom. The van der Waals surface area contributed by atoms with Gasteiger partial charge in [-0.2, -0.15) is 0 Å². The minimum Gasteiger partial charge on any atom is -0.506 e. The number of halogens is 1. The van der Waals surface area contributed by atoms with Crippen LogP contribution < -0.4 is 5.63 Å². The predicted octanol–water partition coefficient (Wildman–Crippen LogP) is 5.59. The van der Waals surface area contributed by atoms with Gasteiger partial charge in [0.2, 0.25) is 0 Å². The van der Waals surface area contributed by atoms with Crippen molar-refractivity contribution in [1.82, 2.24) is 14.8 Å². The van der Waals surface area contributed by atoms with Crippen LogP contribution in [0.3, 0.4) is 0 Å². The third-order valence-corrected chi connectivity index (χ3v) is 6.28. The first-order chi connectivity index (χ1) is 15.5. The van der Waals surface area contributed by atoms with E-state index in [-0.39, 0.29) is 16.4 Å². The van der Waals surface area contributed by atoms with E-state index in [0.717, 1.165) is 17.0 Å². The van der Waals surface area contributed by atoms with Crippen molar-refractivity contribution in [2.45, 2.75) is 17.8 Å². The summed E-state index contributed by atoms with van der Waals surface area (Å²) in [6, 6.07) is 16.0. The second kappa shape index (κ2) is 8.22. The van der Waals surface area contributed by atoms with Gasteiger partial charge in [0.25, 0.3) is 0 Å². The molecule has 0 bridgehead atoms. The first-order valence-electron chi connectivity index (χ1n) is 9.64. The summed E-state index contributed by atoms with van der Waals surface area (Å²) in [5, 5.41) is 20.2. The SMILES string of the molecule is Cc1occc1-c1nnc(SCc2cc(=O)oc3cc(O)c(Cl)cc23)n1-c1ccccc1. The minimum atomic E-state index is -0.506. The van der Waals surface area contributed by atoms with Gasteiger partial charge in [-0.15, -0.1) is 10.2 Å². The Bertz CT molecular complexity index is 1490. The summed E-state index contributed by atoms with van der Waals surface area (Å²) in [5.41, 5.74) is 2.23. The quantitative estimate of drug-likeness (QED) is 0.267. The molecule has 32 heavy (non-hydrogen) atoms. The maximum absolute atomic E-state index is 12.1. The molecule has 3 aromatic heterocycles. The molecule has 5 rings (SSSR count). The predicted molar refractivity (Wildman–Crippen MR) is 123 cm³/mol. The van der Waals surface area contributed by atoms with Gasteiger partial charge in [0.1, 0.15) is 17.1 Å². The first kappa shape index (κ1) is 20.4. The number of benzene rings is 2. The number of aryl methyl sites for hydroxylation is 1. The molecule has 0 atom stereocenters. The lowest BCUT2D eigenvalue weighted by molar-refractivity contribution is 0.473. The lowest BCUT2D eigenvalue weighted by Crippen LogP contribution is -2.02. The Labute approximate surface area is 191 Å². The molecule has 0 aliphatic heterocycles. The Morgan fingerprint density at radius 2 is 1.94 bits per heavy atom. The Kier molecular flexibility index (Phi) is 5.24. The van der Waals surface area contributed by atoms with Crippen LogP contribution in [-0.2, 0) is 5.75 Å². The Morgan fingerprint density at radius 1 is 1.12 bits per heavy atom. The highest BCUT2D eigenvalue weighted by atomic mass is 35.5. The fourth-order valence-corrected chi connectivity index (χ4v) is 4.57. The van der Waals surface area contributed by atoms with Crippen molar-refractivity contribution < 1.29 is 13.9 Å². The van der Waals surface area contributed by atoms with E-state index in [1.807, 2.05) is 47.9 Å². The van der Waals surface area contributed by atoms with Crippen LogP contribution >= 0.6 is 23.4 Å². The minimum absolute atomic E-state index is 0.143. The van der Waals surface area contributed by atoms with E-state index in [9.17, 15) is 9.90 Å². The number of aromatic nitrogens is 3. The Hall–Kier alpha value is -3.49. The molecule has 0 aliphatic carbocycles. The monoisotopic (exact) mass is 465 g/mol. The first-order valence-corrected chi connectivity index (χ1v) is 11.0. The van der Waals surface area contributed by atoms with E-state index in [2.05, 4.69) is 10.2 Å². The average Bonchev–Trinajstić information content (AvgIpc) is 3.39. The average molecular weight is 466 g/mol. The number of phenols is 1. The van der Waals surface area contributed by atoms with Crippen LogP contribution in [0.4, 0.5) is 0 Å². The molecule has 0 spiro atoms. The number of phenolic OH excluding ortho intramolecular Hbond substituents is 1. The lowest BCUT2D eigenvalue weighted by atomic mass is 10.1. The van der Waals surface area contributed by atoms with E-state index < -0.39 is 5.63 Å². The molecule has 0 saturated heterocycles. The summed E-state index contributed by atoms with van der Waals surface area (Å²) in [6.45, 7) is 1.88. The van der Waals surface area contributed by atoms with Gasteiger partial charge in [0, 0.05) is 29.0 Å². The van der Waals surface area contributed by atoms with Gasteiger partial charge in [-0.3, -0.25) is 4.57 Å². The van der Waals surface area contributed by atoms with Crippen LogP contribution in [0.15, 0.2) is 79.6 Å². The highest BCUT2D eigenvalue weighted by Gasteiger charge is 2.19. The molecule has 2 aromatic carbocycles. The van der Waals surface area contributed by atoms with Gasteiger partial charge in [-0.05, 0) is 36.8 Å². The van der Waals surface area contributed by atoms with Crippen LogP contribution in [-0.4, -0.2) is 19.9 Å². The molecule has 3 heterocycles. The second-order valence-corrected chi connectivity index (χ2v) is 8.40. The number of furan rings is 1. The molecular formula is C23H16ClN3O4S. The zero-order valence-corrected chi connectivity index (χ0v) is 18.4. The molecule has 0 fully saturated rings. The standard InChI is InChI=1S/C23H16ClN3O4S/c1-13-16(7-8-30-13)22-25-26-23(27(22)15-5-3-2-4-6-15)32-12-14-9-21(29)31-20-11-19(28)18(24)10-17(14)20/h2-11,28H,12H2,1H3. The van der Waals surface area contributed by atoms with Crippen LogP contribution in [0, 0.1) is 6.92 Å². The summed E-state index contributed by atoms with van der Waals surface area (Å²) in [7, 11) is 0. The lowest BCUT2D eigenvalue weighted by Gasteiger charge is -2.10. The van der Waals surface area contributed by atoms with E-state index in [1.54, 1.807) is 12.3 Å². The van der Waals surface area contributed by atoms with E-state index in [1.165, 1.54) is 23.9 Å². The summed E-state index contributed by atoms with van der Waals surface area (Å²) >= 11 is 7.51. The van der Waals surface area contributed by atoms with Crippen LogP contribution in [0.5, 0.6) is 5.75 Å². The highest BCUT2D eigenvalue weighted by molar-refractivity contribution is 7.98. The fourth-order valence-electron chi connectivity index (χ4n) is 3.46. The number of nitrogens with zero attached hydrogens (tertiary/aromatic N) is 3. The molecule has 160 valence electrons. The number of para-hydroxylation sites is 1. The van der Waals surface area contributed by atoms with Crippen molar-refractivity contribution in [2.75, 3.05) is 0 Å². The maximum atomic E-state index is 12.1. The normalized spacial score (nSPS) is 11.3. The van der Waals surface area contributed by atoms with E-state index in [4.69, 9.17) is 20.4 Å². The van der Waals surface area contributed by atoms with Crippen molar-refractivity contribution in [1.29, 1.82) is 0 Å². The van der Waals surface area contributed by atoms with Gasteiger partial charge in [-0.1, -0.05) is 41.6 Å². The Balaban J connectivity index is 1.58. The summed E-state index contributed by atoms with van der Waals surface area (Å²) in [4.78, 5) is 12.1. The van der Waals surface area contributed by atoms with Crippen LogP contribution in [0.25, 0.3) is 28.0 Å². The van der Waals surface area contributed by atoms with Crippen molar-refractivity contribution in [3.63, 3.8) is 0 Å². The van der Waals surface area contributed by atoms with Crippen molar-refractivity contribution in [3.05, 3.63) is 87.6 Å². The molecular weight excluding hydrogens is 450 g/mol. The smallest absolute Gasteiger partial charge is 0.336 e. The third kappa shape index (κ3) is 3.68. The number of fused-ring (bicyclic) bond motifs is 1. The second-order valence-electron chi connectivity index (χ2n) is 7.05. The zero-order valence-electron chi connectivity index (χ0n) is 16.8. The van der Waals surface area contributed by atoms with Gasteiger partial charge >= 0.3 is 5.63 Å². The number of hydrogen-bond donors (Lipinski definition) is 1. The topological polar surface area (TPSA) is 94.3 Å².